The van der Waals surface area contributed by atoms with E-state index in [1.54, 1.807) is 12.3 Å². The number of nitrogens with two attached hydrogens (primary N) is 2. The molecule has 1 aromatic carbocycles. The highest BCUT2D eigenvalue weighted by Crippen LogP contribution is 2.24. The Balaban J connectivity index is 1.82. The van der Waals surface area contributed by atoms with Crippen molar-refractivity contribution in [3.05, 3.63) is 46.9 Å². The highest BCUT2D eigenvalue weighted by molar-refractivity contribution is 7.99. The second-order valence-corrected chi connectivity index (χ2v) is 7.66. The van der Waals surface area contributed by atoms with Gasteiger partial charge in [0.05, 0.1) is 11.2 Å². The first-order valence-electron chi connectivity index (χ1n) is 9.33. The Morgan fingerprint density at radius 3 is 2.65 bits per heavy atom. The highest BCUT2D eigenvalue weighted by atomic mass is 32.2. The van der Waals surface area contributed by atoms with E-state index in [2.05, 4.69) is 15.1 Å². The van der Waals surface area contributed by atoms with Gasteiger partial charge in [0.1, 0.15) is 17.1 Å². The Bertz CT molecular complexity index is 1110. The van der Waals surface area contributed by atoms with Crippen molar-refractivity contribution in [2.45, 2.75) is 30.6 Å². The molecule has 0 radical (unpaired) electrons. The zero-order valence-electron chi connectivity index (χ0n) is 16.4. The molecule has 0 aliphatic heterocycles. The molecule has 2 heterocycles. The summed E-state index contributed by atoms with van der Waals surface area (Å²) in [5.41, 5.74) is 6.62. The summed E-state index contributed by atoms with van der Waals surface area (Å²) >= 11 is 1.40. The SMILES string of the molecule is N/N=C(\N)CCCCSc1nc2cc[nH]c2c(=O)n1-c1ccc(OCC(F)(F)F)cc1. The summed E-state index contributed by atoms with van der Waals surface area (Å²) in [5.74, 6) is 6.22. The van der Waals surface area contributed by atoms with Crippen molar-refractivity contribution in [2.24, 2.45) is 16.7 Å². The summed E-state index contributed by atoms with van der Waals surface area (Å²) in [4.78, 5) is 20.5. The Kier molecular flexibility index (Phi) is 7.10. The first-order chi connectivity index (χ1) is 14.8. The summed E-state index contributed by atoms with van der Waals surface area (Å²) in [6, 6.07) is 7.52. The minimum absolute atomic E-state index is 0.0522. The molecule has 166 valence electrons. The molecule has 12 heteroatoms. The molecule has 3 aromatic rings. The number of thioether (sulfide) groups is 1. The monoisotopic (exact) mass is 454 g/mol. The zero-order valence-corrected chi connectivity index (χ0v) is 17.2. The number of hydrogen-bond donors (Lipinski definition) is 3. The molecule has 0 aliphatic carbocycles. The molecule has 0 aliphatic rings. The number of halogens is 3. The molecule has 8 nitrogen and oxygen atoms in total. The van der Waals surface area contributed by atoms with Gasteiger partial charge in [-0.1, -0.05) is 11.8 Å². The van der Waals surface area contributed by atoms with E-state index in [0.29, 0.717) is 39.9 Å². The van der Waals surface area contributed by atoms with E-state index in [-0.39, 0.29) is 11.3 Å². The van der Waals surface area contributed by atoms with Gasteiger partial charge in [-0.05, 0) is 43.2 Å². The lowest BCUT2D eigenvalue weighted by Gasteiger charge is -2.13. The second kappa shape index (κ2) is 9.77. The van der Waals surface area contributed by atoms with E-state index in [4.69, 9.17) is 16.3 Å². The average molecular weight is 454 g/mol. The van der Waals surface area contributed by atoms with E-state index >= 15 is 0 Å². The quantitative estimate of drug-likeness (QED) is 0.0868. The van der Waals surface area contributed by atoms with Crippen LogP contribution in [0.2, 0.25) is 0 Å². The summed E-state index contributed by atoms with van der Waals surface area (Å²) in [7, 11) is 0. The van der Waals surface area contributed by atoms with Crippen molar-refractivity contribution in [3.8, 4) is 11.4 Å². The number of hydrazone groups is 1. The van der Waals surface area contributed by atoms with Crippen LogP contribution >= 0.6 is 11.8 Å². The number of nitrogens with one attached hydrogen (secondary N) is 1. The van der Waals surface area contributed by atoms with Crippen molar-refractivity contribution in [3.63, 3.8) is 0 Å². The maximum absolute atomic E-state index is 13.0. The van der Waals surface area contributed by atoms with E-state index in [1.165, 1.54) is 40.6 Å². The maximum atomic E-state index is 13.0. The fraction of sp³-hybridized carbons (Fsp3) is 0.316. The molecule has 0 saturated carbocycles. The molecule has 2 aromatic heterocycles. The van der Waals surface area contributed by atoms with Gasteiger partial charge in [0.15, 0.2) is 11.8 Å². The molecule has 0 bridgehead atoms. The van der Waals surface area contributed by atoms with Gasteiger partial charge in [-0.15, -0.1) is 0 Å². The molecule has 0 saturated heterocycles. The third kappa shape index (κ3) is 5.94. The van der Waals surface area contributed by atoms with Crippen molar-refractivity contribution in [1.82, 2.24) is 14.5 Å². The predicted octanol–water partition coefficient (Wildman–Crippen LogP) is 3.15. The van der Waals surface area contributed by atoms with Crippen molar-refractivity contribution < 1.29 is 17.9 Å². The van der Waals surface area contributed by atoms with Crippen LogP contribution in [0.25, 0.3) is 16.7 Å². The number of hydrogen-bond acceptors (Lipinski definition) is 6. The van der Waals surface area contributed by atoms with E-state index in [9.17, 15) is 18.0 Å². The van der Waals surface area contributed by atoms with Crippen LogP contribution in [0, 0.1) is 0 Å². The number of alkyl halides is 3. The number of nitrogens with zero attached hydrogens (tertiary/aromatic N) is 3. The number of rotatable bonds is 9. The van der Waals surface area contributed by atoms with Crippen LogP contribution < -0.4 is 21.9 Å². The Morgan fingerprint density at radius 1 is 1.23 bits per heavy atom. The fourth-order valence-corrected chi connectivity index (χ4v) is 3.81. The number of fused-ring (bicyclic) bond motifs is 1. The van der Waals surface area contributed by atoms with E-state index in [1.807, 2.05) is 0 Å². The number of H-pyrrole nitrogens is 1. The van der Waals surface area contributed by atoms with Gasteiger partial charge >= 0.3 is 6.18 Å². The third-order valence-corrected chi connectivity index (χ3v) is 5.30. The van der Waals surface area contributed by atoms with Crippen LogP contribution in [-0.2, 0) is 0 Å². The number of aromatic amines is 1. The van der Waals surface area contributed by atoms with Gasteiger partial charge in [-0.3, -0.25) is 9.36 Å². The molecule has 0 atom stereocenters. The van der Waals surface area contributed by atoms with Gasteiger partial charge in [0, 0.05) is 18.4 Å². The van der Waals surface area contributed by atoms with Gasteiger partial charge in [-0.2, -0.15) is 18.3 Å². The predicted molar refractivity (Wildman–Crippen MR) is 114 cm³/mol. The largest absolute Gasteiger partial charge is 0.484 e. The molecule has 0 spiro atoms. The molecular formula is C19H21F3N6O2S. The highest BCUT2D eigenvalue weighted by Gasteiger charge is 2.28. The third-order valence-electron chi connectivity index (χ3n) is 4.27. The Hall–Kier alpha value is -3.15. The molecule has 0 amide bonds. The number of benzene rings is 1. The van der Waals surface area contributed by atoms with Gasteiger partial charge in [-0.25, -0.2) is 4.98 Å². The lowest BCUT2D eigenvalue weighted by molar-refractivity contribution is -0.153. The molecule has 5 N–H and O–H groups in total. The first-order valence-corrected chi connectivity index (χ1v) is 10.3. The number of aromatic nitrogens is 3. The summed E-state index contributed by atoms with van der Waals surface area (Å²) < 4.78 is 43.2. The standard InChI is InChI=1S/C19H21F3N6O2S/c20-19(21,22)11-30-13-6-4-12(5-7-13)28-17(29)16-14(8-9-25-16)26-18(28)31-10-2-1-3-15(23)27-24/h4-9,25H,1-3,10-11,24H2,(H2,23,27). The lowest BCUT2D eigenvalue weighted by atomic mass is 10.2. The van der Waals surface area contributed by atoms with E-state index in [0.717, 1.165) is 12.8 Å². The first kappa shape index (κ1) is 22.5. The molecule has 0 unspecified atom stereocenters. The van der Waals surface area contributed by atoms with E-state index < -0.39 is 12.8 Å². The van der Waals surface area contributed by atoms with Crippen LogP contribution in [0.5, 0.6) is 5.75 Å². The average Bonchev–Trinajstić information content (AvgIpc) is 3.21. The lowest BCUT2D eigenvalue weighted by Crippen LogP contribution is -2.22. The summed E-state index contributed by atoms with van der Waals surface area (Å²) in [6.45, 7) is -1.39. The summed E-state index contributed by atoms with van der Waals surface area (Å²) in [6.07, 6.45) is -0.648. The Labute approximate surface area is 179 Å². The number of ether oxygens (including phenoxy) is 1. The Morgan fingerprint density at radius 2 is 1.97 bits per heavy atom. The van der Waals surface area contributed by atoms with Crippen LogP contribution in [0.3, 0.4) is 0 Å². The second-order valence-electron chi connectivity index (χ2n) is 6.60. The van der Waals surface area contributed by atoms with Crippen LogP contribution in [0.4, 0.5) is 13.2 Å². The van der Waals surface area contributed by atoms with Crippen molar-refractivity contribution in [2.75, 3.05) is 12.4 Å². The van der Waals surface area contributed by atoms with Crippen molar-refractivity contribution in [1.29, 1.82) is 0 Å². The molecule has 0 fully saturated rings. The fourth-order valence-electron chi connectivity index (χ4n) is 2.79. The summed E-state index contributed by atoms with van der Waals surface area (Å²) in [5, 5.41) is 3.90. The molecule has 31 heavy (non-hydrogen) atoms. The van der Waals surface area contributed by atoms with Gasteiger partial charge in [0.2, 0.25) is 0 Å². The van der Waals surface area contributed by atoms with Crippen LogP contribution in [0.1, 0.15) is 19.3 Å². The topological polar surface area (TPSA) is 124 Å². The van der Waals surface area contributed by atoms with Gasteiger partial charge < -0.3 is 21.3 Å². The van der Waals surface area contributed by atoms with Crippen molar-refractivity contribution >= 4 is 28.6 Å². The normalized spacial score (nSPS) is 12.4. The number of unbranched alkanes of at least 4 members (excludes halogenated alkanes) is 1. The smallest absolute Gasteiger partial charge is 0.422 e. The number of amidine groups is 1. The minimum atomic E-state index is -4.43. The van der Waals surface area contributed by atoms with Gasteiger partial charge in [0.25, 0.3) is 5.56 Å². The minimum Gasteiger partial charge on any atom is -0.484 e. The van der Waals surface area contributed by atoms with Crippen LogP contribution in [-0.4, -0.2) is 38.9 Å². The van der Waals surface area contributed by atoms with Crippen LogP contribution in [0.15, 0.2) is 51.6 Å². The zero-order chi connectivity index (χ0) is 22.4. The molecule has 3 rings (SSSR count). The maximum Gasteiger partial charge on any atom is 0.422 e. The molecular weight excluding hydrogens is 433 g/mol.